The second-order valence-electron chi connectivity index (χ2n) is 9.35. The van der Waals surface area contributed by atoms with E-state index in [9.17, 15) is 14.0 Å². The zero-order valence-corrected chi connectivity index (χ0v) is 20.3. The van der Waals surface area contributed by atoms with Gasteiger partial charge in [-0.2, -0.15) is 5.10 Å². The molecule has 0 bridgehead atoms. The molecule has 1 atom stereocenters. The zero-order chi connectivity index (χ0) is 25.1. The zero-order valence-electron chi connectivity index (χ0n) is 20.3. The Balaban J connectivity index is 1.56. The highest BCUT2D eigenvalue weighted by Crippen LogP contribution is 2.29. The van der Waals surface area contributed by atoms with Crippen LogP contribution >= 0.6 is 0 Å². The molecule has 10 heteroatoms. The number of ether oxygens (including phenoxy) is 1. The smallest absolute Gasteiger partial charge is 0.314 e. The minimum Gasteiger partial charge on any atom is -0.383 e. The van der Waals surface area contributed by atoms with Gasteiger partial charge in [-0.1, -0.05) is 19.9 Å². The van der Waals surface area contributed by atoms with Crippen LogP contribution in [-0.2, 0) is 20.9 Å². The molecule has 1 aromatic carbocycles. The van der Waals surface area contributed by atoms with E-state index < -0.39 is 11.8 Å². The van der Waals surface area contributed by atoms with Gasteiger partial charge < -0.3 is 20.7 Å². The molecule has 3 N–H and O–H groups in total. The maximum atomic E-state index is 13.5. The highest BCUT2D eigenvalue weighted by atomic mass is 19.1. The minimum absolute atomic E-state index is 0.128. The van der Waals surface area contributed by atoms with Crippen molar-refractivity contribution >= 4 is 34.2 Å². The van der Waals surface area contributed by atoms with Crippen LogP contribution in [0.15, 0.2) is 30.6 Å². The SMILES string of the molecule is Cc1cc(F)ccc1CN(CC(C)C)C(=O)C(=O)Nc1cnc(N)c2cn(C3CCCCO3)nc12. The summed E-state index contributed by atoms with van der Waals surface area (Å²) in [7, 11) is 0. The van der Waals surface area contributed by atoms with Crippen LogP contribution in [0.4, 0.5) is 15.9 Å². The molecule has 3 aromatic rings. The van der Waals surface area contributed by atoms with Crippen LogP contribution < -0.4 is 11.1 Å². The van der Waals surface area contributed by atoms with Crippen LogP contribution in [0.5, 0.6) is 0 Å². The van der Waals surface area contributed by atoms with Crippen molar-refractivity contribution in [2.75, 3.05) is 24.2 Å². The number of carbonyl (C=O) groups excluding carboxylic acids is 2. The van der Waals surface area contributed by atoms with Crippen LogP contribution in [0, 0.1) is 18.7 Å². The number of anilines is 2. The maximum absolute atomic E-state index is 13.5. The number of rotatable bonds is 6. The lowest BCUT2D eigenvalue weighted by Crippen LogP contribution is -2.41. The van der Waals surface area contributed by atoms with E-state index >= 15 is 0 Å². The number of aryl methyl sites for hydroxylation is 1. The van der Waals surface area contributed by atoms with Gasteiger partial charge in [-0.15, -0.1) is 0 Å². The molecular formula is C25H31FN6O3. The van der Waals surface area contributed by atoms with Crippen molar-refractivity contribution in [3.8, 4) is 0 Å². The first-order valence-electron chi connectivity index (χ1n) is 11.8. The molecule has 4 rings (SSSR count). The van der Waals surface area contributed by atoms with E-state index in [-0.39, 0.29) is 30.3 Å². The van der Waals surface area contributed by atoms with Crippen LogP contribution in [-0.4, -0.2) is 44.6 Å². The van der Waals surface area contributed by atoms with Gasteiger partial charge in [0.1, 0.15) is 23.4 Å². The quantitative estimate of drug-likeness (QED) is 0.517. The maximum Gasteiger partial charge on any atom is 0.314 e. The van der Waals surface area contributed by atoms with Gasteiger partial charge in [-0.05, 0) is 55.4 Å². The van der Waals surface area contributed by atoms with Gasteiger partial charge in [-0.3, -0.25) is 9.59 Å². The van der Waals surface area contributed by atoms with Gasteiger partial charge in [0.15, 0.2) is 0 Å². The van der Waals surface area contributed by atoms with E-state index in [0.717, 1.165) is 24.8 Å². The van der Waals surface area contributed by atoms with Gasteiger partial charge in [0.25, 0.3) is 0 Å². The average Bonchev–Trinajstić information content (AvgIpc) is 3.28. The van der Waals surface area contributed by atoms with Gasteiger partial charge in [0.2, 0.25) is 0 Å². The predicted octanol–water partition coefficient (Wildman–Crippen LogP) is 3.78. The Hall–Kier alpha value is -3.53. The van der Waals surface area contributed by atoms with Crippen LogP contribution in [0.25, 0.3) is 10.9 Å². The fraction of sp³-hybridized carbons (Fsp3) is 0.440. The minimum atomic E-state index is -0.804. The summed E-state index contributed by atoms with van der Waals surface area (Å²) < 4.78 is 21.0. The highest BCUT2D eigenvalue weighted by Gasteiger charge is 2.26. The van der Waals surface area contributed by atoms with Crippen molar-refractivity contribution in [2.24, 2.45) is 5.92 Å². The number of nitrogens with one attached hydrogen (secondary N) is 1. The van der Waals surface area contributed by atoms with Crippen LogP contribution in [0.1, 0.15) is 50.5 Å². The largest absolute Gasteiger partial charge is 0.383 e. The number of pyridine rings is 1. The molecule has 0 aliphatic carbocycles. The van der Waals surface area contributed by atoms with E-state index in [1.807, 2.05) is 13.8 Å². The number of carbonyl (C=O) groups is 2. The third-order valence-electron chi connectivity index (χ3n) is 6.03. The third-order valence-corrected chi connectivity index (χ3v) is 6.03. The molecule has 35 heavy (non-hydrogen) atoms. The summed E-state index contributed by atoms with van der Waals surface area (Å²) in [5, 5.41) is 7.83. The Morgan fingerprint density at radius 3 is 2.83 bits per heavy atom. The van der Waals surface area contributed by atoms with E-state index in [4.69, 9.17) is 10.5 Å². The monoisotopic (exact) mass is 482 g/mol. The van der Waals surface area contributed by atoms with Crippen molar-refractivity contribution < 1.29 is 18.7 Å². The number of amides is 2. The second-order valence-corrected chi connectivity index (χ2v) is 9.35. The molecule has 9 nitrogen and oxygen atoms in total. The molecule has 2 amide bonds. The van der Waals surface area contributed by atoms with Crippen molar-refractivity contribution in [2.45, 2.75) is 52.8 Å². The normalized spacial score (nSPS) is 16.0. The lowest BCUT2D eigenvalue weighted by molar-refractivity contribution is -0.143. The lowest BCUT2D eigenvalue weighted by Gasteiger charge is -2.25. The Morgan fingerprint density at radius 1 is 1.34 bits per heavy atom. The average molecular weight is 483 g/mol. The first-order chi connectivity index (χ1) is 16.7. The summed E-state index contributed by atoms with van der Waals surface area (Å²) in [5.74, 6) is -1.43. The summed E-state index contributed by atoms with van der Waals surface area (Å²) in [4.78, 5) is 31.8. The number of aromatic nitrogens is 3. The number of hydrogen-bond donors (Lipinski definition) is 2. The number of benzene rings is 1. The van der Waals surface area contributed by atoms with Crippen molar-refractivity contribution in [3.63, 3.8) is 0 Å². The molecule has 1 unspecified atom stereocenters. The van der Waals surface area contributed by atoms with Crippen LogP contribution in [0.2, 0.25) is 0 Å². The van der Waals surface area contributed by atoms with Crippen molar-refractivity contribution in [1.29, 1.82) is 0 Å². The molecular weight excluding hydrogens is 451 g/mol. The standard InChI is InChI=1S/C25H31FN6O3/c1-15(2)12-31(13-17-7-8-18(26)10-16(17)3)25(34)24(33)29-20-11-28-23(27)19-14-32(30-22(19)20)21-6-4-5-9-35-21/h7-8,10-11,14-15,21H,4-6,9,12-13H2,1-3H3,(H2,27,28)(H,29,33). The fourth-order valence-electron chi connectivity index (χ4n) is 4.24. The summed E-state index contributed by atoms with van der Waals surface area (Å²) in [6.07, 6.45) is 5.82. The molecule has 1 saturated heterocycles. The predicted molar refractivity (Wildman–Crippen MR) is 131 cm³/mol. The Kier molecular flexibility index (Phi) is 7.30. The van der Waals surface area contributed by atoms with E-state index in [2.05, 4.69) is 15.4 Å². The van der Waals surface area contributed by atoms with Crippen molar-refractivity contribution in [1.82, 2.24) is 19.7 Å². The number of hydrogen-bond acceptors (Lipinski definition) is 6. The number of nitrogen functional groups attached to an aromatic ring is 1. The summed E-state index contributed by atoms with van der Waals surface area (Å²) in [5.41, 5.74) is 8.28. The Morgan fingerprint density at radius 2 is 2.14 bits per heavy atom. The Bertz CT molecular complexity index is 1240. The van der Waals surface area contributed by atoms with E-state index in [1.54, 1.807) is 23.9 Å². The second kappa shape index (κ2) is 10.4. The summed E-state index contributed by atoms with van der Waals surface area (Å²) >= 11 is 0. The first-order valence-corrected chi connectivity index (χ1v) is 11.8. The summed E-state index contributed by atoms with van der Waals surface area (Å²) in [6.45, 7) is 6.92. The molecule has 3 heterocycles. The van der Waals surface area contributed by atoms with Gasteiger partial charge in [0.05, 0.1) is 17.3 Å². The van der Waals surface area contributed by atoms with E-state index in [1.165, 1.54) is 23.2 Å². The fourth-order valence-corrected chi connectivity index (χ4v) is 4.24. The van der Waals surface area contributed by atoms with Crippen LogP contribution in [0.3, 0.4) is 0 Å². The lowest BCUT2D eigenvalue weighted by atomic mass is 10.1. The highest BCUT2D eigenvalue weighted by molar-refractivity contribution is 6.40. The van der Waals surface area contributed by atoms with Gasteiger partial charge in [0, 0.05) is 25.9 Å². The molecule has 2 aromatic heterocycles. The first kappa shape index (κ1) is 24.6. The van der Waals surface area contributed by atoms with Gasteiger partial charge >= 0.3 is 11.8 Å². The number of fused-ring (bicyclic) bond motifs is 1. The Labute approximate surface area is 203 Å². The number of halogens is 1. The van der Waals surface area contributed by atoms with E-state index in [0.29, 0.717) is 35.3 Å². The number of nitrogens with two attached hydrogens (primary N) is 1. The number of nitrogens with zero attached hydrogens (tertiary/aromatic N) is 4. The third kappa shape index (κ3) is 5.59. The molecule has 1 aliphatic rings. The van der Waals surface area contributed by atoms with Crippen molar-refractivity contribution in [3.05, 3.63) is 47.5 Å². The molecule has 1 aliphatic heterocycles. The molecule has 0 radical (unpaired) electrons. The van der Waals surface area contributed by atoms with Gasteiger partial charge in [-0.25, -0.2) is 14.1 Å². The molecule has 0 saturated carbocycles. The molecule has 186 valence electrons. The summed E-state index contributed by atoms with van der Waals surface area (Å²) in [6, 6.07) is 4.40. The topological polar surface area (TPSA) is 115 Å². The molecule has 1 fully saturated rings. The molecule has 0 spiro atoms.